The van der Waals surface area contributed by atoms with Gasteiger partial charge in [-0.2, -0.15) is 12.7 Å². The average Bonchev–Trinajstić information content (AvgIpc) is 2.56. The number of hydrogen-bond donors (Lipinski definition) is 2. The summed E-state index contributed by atoms with van der Waals surface area (Å²) < 4.78 is 28.5. The van der Waals surface area contributed by atoms with E-state index in [4.69, 9.17) is 0 Å². The summed E-state index contributed by atoms with van der Waals surface area (Å²) in [5.74, 6) is 0.320. The van der Waals surface area contributed by atoms with Gasteiger partial charge < -0.3 is 10.0 Å². The Morgan fingerprint density at radius 3 is 2.78 bits per heavy atom. The van der Waals surface area contributed by atoms with Crippen LogP contribution < -0.4 is 4.72 Å². The lowest BCUT2D eigenvalue weighted by atomic mass is 9.99. The highest BCUT2D eigenvalue weighted by atomic mass is 32.2. The minimum absolute atomic E-state index is 0.210. The Hall–Kier alpha value is -0.990. The predicted octanol–water partition coefficient (Wildman–Crippen LogP) is 0.657. The van der Waals surface area contributed by atoms with E-state index in [1.165, 1.54) is 4.31 Å². The number of rotatable bonds is 8. The minimum atomic E-state index is -3.47. The van der Waals surface area contributed by atoms with E-state index in [1.807, 2.05) is 30.3 Å². The molecule has 0 aromatic heterocycles. The van der Waals surface area contributed by atoms with E-state index in [2.05, 4.69) is 9.62 Å². The van der Waals surface area contributed by atoms with Gasteiger partial charge in [0.1, 0.15) is 0 Å². The van der Waals surface area contributed by atoms with Crippen molar-refractivity contribution in [1.82, 2.24) is 13.9 Å². The van der Waals surface area contributed by atoms with Crippen LogP contribution in [0.4, 0.5) is 0 Å². The third kappa shape index (κ3) is 5.86. The molecule has 7 heteroatoms. The maximum Gasteiger partial charge on any atom is 0.279 e. The molecule has 1 aromatic rings. The molecule has 1 atom stereocenters. The fourth-order valence-corrected chi connectivity index (χ4v) is 3.76. The molecule has 0 spiro atoms. The van der Waals surface area contributed by atoms with Crippen molar-refractivity contribution in [2.45, 2.75) is 19.4 Å². The van der Waals surface area contributed by atoms with Crippen LogP contribution in [0.1, 0.15) is 18.4 Å². The third-order valence-electron chi connectivity index (χ3n) is 4.23. The van der Waals surface area contributed by atoms with Crippen LogP contribution in [-0.2, 0) is 16.8 Å². The van der Waals surface area contributed by atoms with E-state index in [1.54, 1.807) is 7.05 Å². The number of nitrogens with zero attached hydrogens (tertiary/aromatic N) is 2. The van der Waals surface area contributed by atoms with E-state index >= 15 is 0 Å². The lowest BCUT2D eigenvalue weighted by Crippen LogP contribution is -2.44. The summed E-state index contributed by atoms with van der Waals surface area (Å²) in [6.45, 7) is 3.44. The zero-order valence-electron chi connectivity index (χ0n) is 13.7. The van der Waals surface area contributed by atoms with Crippen molar-refractivity contribution in [3.05, 3.63) is 35.9 Å². The molecule has 0 amide bonds. The van der Waals surface area contributed by atoms with E-state index in [0.29, 0.717) is 25.6 Å². The van der Waals surface area contributed by atoms with Gasteiger partial charge in [0.2, 0.25) is 0 Å². The minimum Gasteiger partial charge on any atom is -0.396 e. The lowest BCUT2D eigenvalue weighted by Gasteiger charge is -2.31. The summed E-state index contributed by atoms with van der Waals surface area (Å²) in [4.78, 5) is 2.21. The predicted molar refractivity (Wildman–Crippen MR) is 91.1 cm³/mol. The van der Waals surface area contributed by atoms with Crippen LogP contribution in [0.2, 0.25) is 0 Å². The number of likely N-dealkylation sites (tertiary alicyclic amines) is 1. The molecular formula is C16H27N3O3S. The topological polar surface area (TPSA) is 72.9 Å². The van der Waals surface area contributed by atoms with Gasteiger partial charge >= 0.3 is 0 Å². The fraction of sp³-hybridized carbons (Fsp3) is 0.625. The Labute approximate surface area is 139 Å². The van der Waals surface area contributed by atoms with Crippen molar-refractivity contribution in [1.29, 1.82) is 0 Å². The van der Waals surface area contributed by atoms with Crippen LogP contribution in [0, 0.1) is 5.92 Å². The number of benzene rings is 1. The smallest absolute Gasteiger partial charge is 0.279 e. The number of piperidine rings is 1. The first kappa shape index (κ1) is 18.4. The molecule has 1 aliphatic heterocycles. The van der Waals surface area contributed by atoms with E-state index in [9.17, 15) is 13.5 Å². The molecule has 1 saturated heterocycles. The zero-order chi connectivity index (χ0) is 16.7. The second-order valence-corrected chi connectivity index (χ2v) is 7.99. The van der Waals surface area contributed by atoms with Crippen molar-refractivity contribution in [2.75, 3.05) is 39.8 Å². The largest absolute Gasteiger partial charge is 0.396 e. The van der Waals surface area contributed by atoms with Gasteiger partial charge in [-0.05, 0) is 30.9 Å². The maximum absolute atomic E-state index is 12.3. The molecular weight excluding hydrogens is 314 g/mol. The van der Waals surface area contributed by atoms with Crippen LogP contribution in [0.15, 0.2) is 30.3 Å². The van der Waals surface area contributed by atoms with Gasteiger partial charge in [-0.1, -0.05) is 30.3 Å². The first-order valence-electron chi connectivity index (χ1n) is 8.09. The molecule has 0 unspecified atom stereocenters. The van der Waals surface area contributed by atoms with Gasteiger partial charge in [0.05, 0.1) is 0 Å². The highest BCUT2D eigenvalue weighted by molar-refractivity contribution is 7.87. The molecule has 23 heavy (non-hydrogen) atoms. The molecule has 1 aromatic carbocycles. The highest BCUT2D eigenvalue weighted by Gasteiger charge is 2.21. The molecule has 2 N–H and O–H groups in total. The Bertz CT molecular complexity index is 565. The molecule has 0 aliphatic carbocycles. The van der Waals surface area contributed by atoms with Crippen LogP contribution >= 0.6 is 0 Å². The monoisotopic (exact) mass is 341 g/mol. The van der Waals surface area contributed by atoms with Crippen LogP contribution in [0.3, 0.4) is 0 Å². The van der Waals surface area contributed by atoms with E-state index < -0.39 is 10.2 Å². The van der Waals surface area contributed by atoms with Gasteiger partial charge in [0, 0.05) is 39.8 Å². The Morgan fingerprint density at radius 2 is 2.09 bits per heavy atom. The van der Waals surface area contributed by atoms with Crippen LogP contribution in [0.5, 0.6) is 0 Å². The molecule has 1 fully saturated rings. The van der Waals surface area contributed by atoms with Crippen molar-refractivity contribution in [3.63, 3.8) is 0 Å². The Kier molecular flexibility index (Phi) is 6.98. The third-order valence-corrected chi connectivity index (χ3v) is 5.75. The normalized spacial score (nSPS) is 20.0. The van der Waals surface area contributed by atoms with E-state index in [0.717, 1.165) is 31.5 Å². The van der Waals surface area contributed by atoms with E-state index in [-0.39, 0.29) is 6.61 Å². The van der Waals surface area contributed by atoms with Gasteiger partial charge in [-0.3, -0.25) is 0 Å². The molecule has 2 rings (SSSR count). The number of aliphatic hydroxyl groups is 1. The van der Waals surface area contributed by atoms with Crippen LogP contribution in [0.25, 0.3) is 0 Å². The Morgan fingerprint density at radius 1 is 1.35 bits per heavy atom. The quantitative estimate of drug-likeness (QED) is 0.728. The number of hydrogen-bond acceptors (Lipinski definition) is 4. The second-order valence-electron chi connectivity index (χ2n) is 6.13. The first-order valence-corrected chi connectivity index (χ1v) is 9.53. The zero-order valence-corrected chi connectivity index (χ0v) is 14.5. The van der Waals surface area contributed by atoms with Gasteiger partial charge in [0.25, 0.3) is 10.2 Å². The molecule has 0 saturated carbocycles. The van der Waals surface area contributed by atoms with Gasteiger partial charge in [0.15, 0.2) is 0 Å². The average molecular weight is 341 g/mol. The molecule has 1 heterocycles. The van der Waals surface area contributed by atoms with Crippen molar-refractivity contribution >= 4 is 10.2 Å². The first-order chi connectivity index (χ1) is 11.0. The summed E-state index contributed by atoms with van der Waals surface area (Å²) in [5.41, 5.74) is 0.960. The number of aliphatic hydroxyl groups excluding tert-OH is 1. The molecule has 0 bridgehead atoms. The summed E-state index contributed by atoms with van der Waals surface area (Å²) in [7, 11) is -1.89. The summed E-state index contributed by atoms with van der Waals surface area (Å²) >= 11 is 0. The molecule has 6 nitrogen and oxygen atoms in total. The second kappa shape index (κ2) is 8.75. The van der Waals surface area contributed by atoms with Crippen molar-refractivity contribution in [3.8, 4) is 0 Å². The molecule has 1 aliphatic rings. The lowest BCUT2D eigenvalue weighted by molar-refractivity contribution is 0.122. The summed E-state index contributed by atoms with van der Waals surface area (Å²) in [5, 5.41) is 9.23. The molecule has 0 radical (unpaired) electrons. The summed E-state index contributed by atoms with van der Waals surface area (Å²) in [6.07, 6.45) is 2.12. The Balaban J connectivity index is 1.77. The van der Waals surface area contributed by atoms with Crippen molar-refractivity contribution in [2.24, 2.45) is 5.92 Å². The standard InChI is InChI=1S/C16H27N3O3S/c1-18(12-15-6-3-2-4-7-15)23(21,22)17-9-11-19-10-5-8-16(13-19)14-20/h2-4,6-7,16-17,20H,5,8-14H2,1H3/t16-/m0/s1. The van der Waals surface area contributed by atoms with Gasteiger partial charge in [-0.15, -0.1) is 0 Å². The molecule has 130 valence electrons. The van der Waals surface area contributed by atoms with Gasteiger partial charge in [-0.25, -0.2) is 4.72 Å². The highest BCUT2D eigenvalue weighted by Crippen LogP contribution is 2.15. The maximum atomic E-state index is 12.3. The summed E-state index contributed by atoms with van der Waals surface area (Å²) in [6, 6.07) is 9.53. The fourth-order valence-electron chi connectivity index (χ4n) is 2.87. The SMILES string of the molecule is CN(Cc1ccccc1)S(=O)(=O)NCCN1CCC[C@H](CO)C1. The van der Waals surface area contributed by atoms with Crippen molar-refractivity contribution < 1.29 is 13.5 Å². The van der Waals surface area contributed by atoms with Crippen LogP contribution in [-0.4, -0.2) is 62.6 Å². The number of nitrogens with one attached hydrogen (secondary N) is 1.